The van der Waals surface area contributed by atoms with Gasteiger partial charge >= 0.3 is 0 Å². The largest absolute Gasteiger partial charge is 0.316 e. The molecule has 0 amide bonds. The van der Waals surface area contributed by atoms with Crippen molar-refractivity contribution >= 4 is 0 Å². The molecule has 1 nitrogen and oxygen atoms in total. The van der Waals surface area contributed by atoms with E-state index in [0.717, 1.165) is 12.1 Å². The smallest absolute Gasteiger partial charge is 0.133 e. The Bertz CT molecular complexity index is 567. The van der Waals surface area contributed by atoms with E-state index in [0.29, 0.717) is 17.7 Å². The number of nitrogens with one attached hydrogen (secondary N) is 1. The number of halogens is 3. The van der Waals surface area contributed by atoms with Crippen LogP contribution in [0.25, 0.3) is 11.1 Å². The number of benzene rings is 2. The number of hydrogen-bond donors (Lipinski definition) is 1. The molecule has 0 aliphatic carbocycles. The predicted octanol–water partition coefficient (Wildman–Crippen LogP) is 3.49. The van der Waals surface area contributed by atoms with Crippen molar-refractivity contribution < 1.29 is 13.2 Å². The van der Waals surface area contributed by atoms with Crippen molar-refractivity contribution in [3.63, 3.8) is 0 Å². The number of rotatable bonds is 3. The standard InChI is InChI=1S/C14H12F3N/c1-18-8-10-3-2-9(6-13(10)16)12-5-4-11(15)7-14(12)17/h2-7,18H,8H2,1H3. The van der Waals surface area contributed by atoms with Gasteiger partial charge in [-0.05, 0) is 30.8 Å². The lowest BCUT2D eigenvalue weighted by molar-refractivity contribution is 0.585. The molecule has 2 aromatic carbocycles. The third-order valence-corrected chi connectivity index (χ3v) is 2.66. The van der Waals surface area contributed by atoms with Gasteiger partial charge in [-0.25, -0.2) is 13.2 Å². The molecule has 2 aromatic rings. The van der Waals surface area contributed by atoms with Crippen molar-refractivity contribution in [1.82, 2.24) is 5.32 Å². The third kappa shape index (κ3) is 2.54. The molecule has 0 atom stereocenters. The molecule has 0 spiro atoms. The molecule has 4 heteroatoms. The summed E-state index contributed by atoms with van der Waals surface area (Å²) < 4.78 is 40.0. The van der Waals surface area contributed by atoms with Gasteiger partial charge in [-0.15, -0.1) is 0 Å². The highest BCUT2D eigenvalue weighted by atomic mass is 19.1. The highest BCUT2D eigenvalue weighted by Gasteiger charge is 2.09. The normalized spacial score (nSPS) is 10.7. The molecule has 0 unspecified atom stereocenters. The minimum Gasteiger partial charge on any atom is -0.316 e. The van der Waals surface area contributed by atoms with E-state index in [1.165, 1.54) is 12.1 Å². The molecule has 94 valence electrons. The van der Waals surface area contributed by atoms with Crippen LogP contribution in [0.4, 0.5) is 13.2 Å². The van der Waals surface area contributed by atoms with Gasteiger partial charge in [-0.2, -0.15) is 0 Å². The highest BCUT2D eigenvalue weighted by molar-refractivity contribution is 5.64. The van der Waals surface area contributed by atoms with Gasteiger partial charge in [0.1, 0.15) is 17.5 Å². The van der Waals surface area contributed by atoms with Crippen LogP contribution in [0.2, 0.25) is 0 Å². The van der Waals surface area contributed by atoms with E-state index in [9.17, 15) is 13.2 Å². The van der Waals surface area contributed by atoms with Crippen molar-refractivity contribution in [2.75, 3.05) is 7.05 Å². The lowest BCUT2D eigenvalue weighted by atomic mass is 10.0. The summed E-state index contributed by atoms with van der Waals surface area (Å²) >= 11 is 0. The second-order valence-electron chi connectivity index (χ2n) is 3.96. The maximum Gasteiger partial charge on any atom is 0.133 e. The molecule has 0 aliphatic heterocycles. The van der Waals surface area contributed by atoms with Crippen molar-refractivity contribution in [3.05, 3.63) is 59.4 Å². The van der Waals surface area contributed by atoms with Gasteiger partial charge in [0.15, 0.2) is 0 Å². The van der Waals surface area contributed by atoms with Crippen LogP contribution in [0.5, 0.6) is 0 Å². The Balaban J connectivity index is 2.42. The summed E-state index contributed by atoms with van der Waals surface area (Å²) in [6.07, 6.45) is 0. The Kier molecular flexibility index (Phi) is 3.67. The molecular weight excluding hydrogens is 239 g/mol. The Labute approximate surface area is 103 Å². The highest BCUT2D eigenvalue weighted by Crippen LogP contribution is 2.25. The van der Waals surface area contributed by atoms with Crippen LogP contribution in [0, 0.1) is 17.5 Å². The first-order valence-electron chi connectivity index (χ1n) is 5.50. The molecule has 2 rings (SSSR count). The van der Waals surface area contributed by atoms with E-state index in [-0.39, 0.29) is 5.56 Å². The van der Waals surface area contributed by atoms with Crippen LogP contribution in [-0.2, 0) is 6.54 Å². The van der Waals surface area contributed by atoms with E-state index in [1.807, 2.05) is 0 Å². The van der Waals surface area contributed by atoms with E-state index in [1.54, 1.807) is 19.2 Å². The van der Waals surface area contributed by atoms with E-state index < -0.39 is 17.5 Å². The molecule has 1 N–H and O–H groups in total. The van der Waals surface area contributed by atoms with E-state index in [4.69, 9.17) is 0 Å². The SMILES string of the molecule is CNCc1ccc(-c2ccc(F)cc2F)cc1F. The molecule has 0 heterocycles. The minimum atomic E-state index is -0.698. The summed E-state index contributed by atoms with van der Waals surface area (Å²) in [7, 11) is 1.72. The van der Waals surface area contributed by atoms with Crippen LogP contribution in [-0.4, -0.2) is 7.05 Å². The van der Waals surface area contributed by atoms with Crippen LogP contribution in [0.15, 0.2) is 36.4 Å². The van der Waals surface area contributed by atoms with Gasteiger partial charge in [0.05, 0.1) is 0 Å². The Morgan fingerprint density at radius 3 is 2.33 bits per heavy atom. The van der Waals surface area contributed by atoms with Crippen LogP contribution < -0.4 is 5.32 Å². The average Bonchev–Trinajstić information content (AvgIpc) is 2.32. The maximum atomic E-state index is 13.7. The van der Waals surface area contributed by atoms with Crippen LogP contribution >= 0.6 is 0 Å². The topological polar surface area (TPSA) is 12.0 Å². The zero-order valence-electron chi connectivity index (χ0n) is 9.81. The summed E-state index contributed by atoms with van der Waals surface area (Å²) in [5.74, 6) is -1.76. The zero-order chi connectivity index (χ0) is 13.1. The lowest BCUT2D eigenvalue weighted by Crippen LogP contribution is -2.06. The Morgan fingerprint density at radius 2 is 1.72 bits per heavy atom. The molecule has 0 bridgehead atoms. The summed E-state index contributed by atoms with van der Waals surface area (Å²) in [5.41, 5.74) is 1.08. The van der Waals surface area contributed by atoms with Crippen LogP contribution in [0.3, 0.4) is 0 Å². The summed E-state index contributed by atoms with van der Waals surface area (Å²) in [4.78, 5) is 0. The zero-order valence-corrected chi connectivity index (χ0v) is 9.81. The third-order valence-electron chi connectivity index (χ3n) is 2.66. The van der Waals surface area contributed by atoms with Gasteiger partial charge < -0.3 is 5.32 Å². The Hall–Kier alpha value is -1.81. The molecular formula is C14H12F3N. The summed E-state index contributed by atoms with van der Waals surface area (Å²) in [6, 6.07) is 7.70. The predicted molar refractivity (Wildman–Crippen MR) is 64.5 cm³/mol. The first-order valence-corrected chi connectivity index (χ1v) is 5.50. The van der Waals surface area contributed by atoms with Crippen molar-refractivity contribution in [3.8, 4) is 11.1 Å². The first kappa shape index (κ1) is 12.6. The van der Waals surface area contributed by atoms with Crippen molar-refractivity contribution in [1.29, 1.82) is 0 Å². The molecule has 0 saturated carbocycles. The van der Waals surface area contributed by atoms with Gasteiger partial charge in [-0.3, -0.25) is 0 Å². The second kappa shape index (κ2) is 5.23. The summed E-state index contributed by atoms with van der Waals surface area (Å²) in [5, 5.41) is 2.84. The molecule has 0 fully saturated rings. The van der Waals surface area contributed by atoms with E-state index >= 15 is 0 Å². The minimum absolute atomic E-state index is 0.186. The molecule has 0 aliphatic rings. The first-order chi connectivity index (χ1) is 8.61. The van der Waals surface area contributed by atoms with Crippen LogP contribution in [0.1, 0.15) is 5.56 Å². The monoisotopic (exact) mass is 251 g/mol. The van der Waals surface area contributed by atoms with Gasteiger partial charge in [0.2, 0.25) is 0 Å². The van der Waals surface area contributed by atoms with Crippen molar-refractivity contribution in [2.24, 2.45) is 0 Å². The fraction of sp³-hybridized carbons (Fsp3) is 0.143. The van der Waals surface area contributed by atoms with Gasteiger partial charge in [0, 0.05) is 23.7 Å². The Morgan fingerprint density at radius 1 is 0.944 bits per heavy atom. The van der Waals surface area contributed by atoms with Gasteiger partial charge in [0.25, 0.3) is 0 Å². The van der Waals surface area contributed by atoms with Gasteiger partial charge in [-0.1, -0.05) is 12.1 Å². The van der Waals surface area contributed by atoms with E-state index in [2.05, 4.69) is 5.32 Å². The molecule has 18 heavy (non-hydrogen) atoms. The fourth-order valence-electron chi connectivity index (χ4n) is 1.77. The fourth-order valence-corrected chi connectivity index (χ4v) is 1.77. The number of hydrogen-bond acceptors (Lipinski definition) is 1. The molecule has 0 aromatic heterocycles. The molecule has 0 saturated heterocycles. The maximum absolute atomic E-state index is 13.7. The second-order valence-corrected chi connectivity index (χ2v) is 3.96. The van der Waals surface area contributed by atoms with Crippen molar-refractivity contribution in [2.45, 2.75) is 6.54 Å². The molecule has 0 radical (unpaired) electrons. The average molecular weight is 251 g/mol. The quantitative estimate of drug-likeness (QED) is 0.880. The summed E-state index contributed by atoms with van der Waals surface area (Å²) in [6.45, 7) is 0.401. The lowest BCUT2D eigenvalue weighted by Gasteiger charge is -2.07.